The second-order valence-electron chi connectivity index (χ2n) is 7.25. The van der Waals surface area contributed by atoms with Crippen molar-refractivity contribution in [2.75, 3.05) is 6.61 Å². The zero-order valence-corrected chi connectivity index (χ0v) is 12.2. The van der Waals surface area contributed by atoms with E-state index in [1.54, 1.807) is 13.8 Å². The summed E-state index contributed by atoms with van der Waals surface area (Å²) in [7, 11) is 0. The number of aliphatic hydroxyl groups excluding tert-OH is 2. The average Bonchev–Trinajstić information content (AvgIpc) is 2.65. The Kier molecular flexibility index (Phi) is 4.00. The Morgan fingerprint density at radius 1 is 1.26 bits per heavy atom. The number of hydrogen-bond donors (Lipinski definition) is 4. The van der Waals surface area contributed by atoms with Crippen molar-refractivity contribution in [3.8, 4) is 0 Å². The molecule has 2 aliphatic rings. The van der Waals surface area contributed by atoms with Crippen molar-refractivity contribution < 1.29 is 20.4 Å². The molecule has 0 amide bonds. The molecule has 0 unspecified atom stereocenters. The van der Waals surface area contributed by atoms with Gasteiger partial charge < -0.3 is 20.4 Å². The van der Waals surface area contributed by atoms with E-state index in [2.05, 4.69) is 6.92 Å². The van der Waals surface area contributed by atoms with Gasteiger partial charge in [-0.05, 0) is 56.8 Å². The lowest BCUT2D eigenvalue weighted by molar-refractivity contribution is -0.114. The van der Waals surface area contributed by atoms with Gasteiger partial charge in [-0.3, -0.25) is 0 Å². The first-order valence-electron chi connectivity index (χ1n) is 7.43. The minimum Gasteiger partial charge on any atom is -0.393 e. The highest BCUT2D eigenvalue weighted by atomic mass is 16.3. The van der Waals surface area contributed by atoms with Crippen molar-refractivity contribution >= 4 is 0 Å². The van der Waals surface area contributed by atoms with E-state index in [1.807, 2.05) is 0 Å². The topological polar surface area (TPSA) is 80.9 Å². The Morgan fingerprint density at radius 3 is 2.47 bits per heavy atom. The lowest BCUT2D eigenvalue weighted by Gasteiger charge is -2.36. The predicted octanol–water partition coefficient (Wildman–Crippen LogP) is 0.914. The molecule has 19 heavy (non-hydrogen) atoms. The lowest BCUT2D eigenvalue weighted by atomic mass is 9.76. The summed E-state index contributed by atoms with van der Waals surface area (Å²) in [5, 5.41) is 40.7. The smallest absolute Gasteiger partial charge is 0.0908 e. The van der Waals surface area contributed by atoms with Crippen LogP contribution in [0.1, 0.15) is 46.5 Å². The van der Waals surface area contributed by atoms with Gasteiger partial charge in [0.25, 0.3) is 0 Å². The summed E-state index contributed by atoms with van der Waals surface area (Å²) in [6.45, 7) is 5.23. The number of fused-ring (bicyclic) bond motifs is 1. The standard InChI is InChI=1S/C15H28O4/c1-9-4-5-12-11(9)6-10(14(2,18)8-16)7-13(17)15(12,3)19/h9-13,16-19H,4-8H2,1-3H3/t9-,10-,11-,12+,13+,14-,15-/m0/s1. The molecule has 0 aliphatic heterocycles. The molecule has 2 saturated carbocycles. The third-order valence-corrected chi connectivity index (χ3v) is 5.87. The summed E-state index contributed by atoms with van der Waals surface area (Å²) in [5.41, 5.74) is -2.27. The van der Waals surface area contributed by atoms with Gasteiger partial charge in [0.05, 0.1) is 23.9 Å². The van der Waals surface area contributed by atoms with Crippen LogP contribution in [0.2, 0.25) is 0 Å². The Balaban J connectivity index is 2.30. The molecule has 0 spiro atoms. The van der Waals surface area contributed by atoms with Crippen molar-refractivity contribution in [3.63, 3.8) is 0 Å². The fraction of sp³-hybridized carbons (Fsp3) is 1.00. The SMILES string of the molecule is C[C@H]1CC[C@@H]2[C@H]1C[C@H]([C@@](C)(O)CO)C[C@@H](O)[C@@]2(C)O. The Hall–Kier alpha value is -0.160. The third kappa shape index (κ3) is 2.56. The van der Waals surface area contributed by atoms with E-state index in [4.69, 9.17) is 0 Å². The number of rotatable bonds is 2. The summed E-state index contributed by atoms with van der Waals surface area (Å²) >= 11 is 0. The van der Waals surface area contributed by atoms with Gasteiger partial charge in [-0.1, -0.05) is 13.3 Å². The maximum Gasteiger partial charge on any atom is 0.0908 e. The van der Waals surface area contributed by atoms with Crippen molar-refractivity contribution in [2.24, 2.45) is 23.7 Å². The normalized spacial score (nSPS) is 50.4. The molecule has 0 radical (unpaired) electrons. The fourth-order valence-corrected chi connectivity index (χ4v) is 4.21. The summed E-state index contributed by atoms with van der Waals surface area (Å²) in [6, 6.07) is 0. The zero-order valence-electron chi connectivity index (χ0n) is 12.2. The highest BCUT2D eigenvalue weighted by Crippen LogP contribution is 2.51. The fourth-order valence-electron chi connectivity index (χ4n) is 4.21. The minimum atomic E-state index is -1.19. The van der Waals surface area contributed by atoms with Gasteiger partial charge in [-0.25, -0.2) is 0 Å². The van der Waals surface area contributed by atoms with Gasteiger partial charge >= 0.3 is 0 Å². The first kappa shape index (κ1) is 15.2. The van der Waals surface area contributed by atoms with E-state index in [-0.39, 0.29) is 18.4 Å². The van der Waals surface area contributed by atoms with Gasteiger partial charge in [0.1, 0.15) is 0 Å². The Bertz CT molecular complexity index is 326. The van der Waals surface area contributed by atoms with E-state index in [1.165, 1.54) is 0 Å². The van der Waals surface area contributed by atoms with Crippen molar-refractivity contribution in [2.45, 2.75) is 63.8 Å². The van der Waals surface area contributed by atoms with Crippen LogP contribution in [0.4, 0.5) is 0 Å². The van der Waals surface area contributed by atoms with Gasteiger partial charge in [0.15, 0.2) is 0 Å². The highest BCUT2D eigenvalue weighted by Gasteiger charge is 2.53. The Labute approximate surface area is 115 Å². The average molecular weight is 272 g/mol. The minimum absolute atomic E-state index is 0.0944. The molecule has 2 fully saturated rings. The summed E-state index contributed by atoms with van der Waals surface area (Å²) in [5.74, 6) is 0.737. The van der Waals surface area contributed by atoms with Crippen LogP contribution in [-0.4, -0.2) is 44.3 Å². The van der Waals surface area contributed by atoms with E-state index in [0.717, 1.165) is 19.3 Å². The molecule has 0 saturated heterocycles. The lowest BCUT2D eigenvalue weighted by Crippen LogP contribution is -2.47. The van der Waals surface area contributed by atoms with Crippen LogP contribution in [0.3, 0.4) is 0 Å². The van der Waals surface area contributed by atoms with Crippen LogP contribution >= 0.6 is 0 Å². The molecule has 112 valence electrons. The molecule has 0 bridgehead atoms. The molecule has 4 heteroatoms. The third-order valence-electron chi connectivity index (χ3n) is 5.87. The van der Waals surface area contributed by atoms with Crippen LogP contribution in [0, 0.1) is 23.7 Å². The monoisotopic (exact) mass is 272 g/mol. The summed E-state index contributed by atoms with van der Waals surface area (Å²) < 4.78 is 0. The van der Waals surface area contributed by atoms with Crippen LogP contribution in [-0.2, 0) is 0 Å². The van der Waals surface area contributed by atoms with Gasteiger partial charge in [0, 0.05) is 0 Å². The maximum absolute atomic E-state index is 10.7. The molecule has 2 rings (SSSR count). The second-order valence-corrected chi connectivity index (χ2v) is 7.25. The maximum atomic E-state index is 10.7. The molecule has 2 aliphatic carbocycles. The molecule has 4 N–H and O–H groups in total. The second kappa shape index (κ2) is 4.99. The van der Waals surface area contributed by atoms with E-state index in [9.17, 15) is 20.4 Å². The summed E-state index contributed by atoms with van der Waals surface area (Å²) in [6.07, 6.45) is 2.28. The number of hydrogen-bond acceptors (Lipinski definition) is 4. The van der Waals surface area contributed by atoms with E-state index >= 15 is 0 Å². The van der Waals surface area contributed by atoms with E-state index < -0.39 is 17.3 Å². The molecule has 0 aromatic rings. The molecule has 0 aromatic heterocycles. The quantitative estimate of drug-likeness (QED) is 0.602. The van der Waals surface area contributed by atoms with Crippen LogP contribution in [0.25, 0.3) is 0 Å². The van der Waals surface area contributed by atoms with Crippen molar-refractivity contribution in [3.05, 3.63) is 0 Å². The van der Waals surface area contributed by atoms with Crippen LogP contribution < -0.4 is 0 Å². The van der Waals surface area contributed by atoms with Crippen molar-refractivity contribution in [1.29, 1.82) is 0 Å². The van der Waals surface area contributed by atoms with Crippen LogP contribution in [0.5, 0.6) is 0 Å². The molecule has 4 nitrogen and oxygen atoms in total. The zero-order chi connectivity index (χ0) is 14.4. The highest BCUT2D eigenvalue weighted by molar-refractivity contribution is 5.03. The van der Waals surface area contributed by atoms with Gasteiger partial charge in [-0.2, -0.15) is 0 Å². The van der Waals surface area contributed by atoms with Crippen molar-refractivity contribution in [1.82, 2.24) is 0 Å². The largest absolute Gasteiger partial charge is 0.393 e. The van der Waals surface area contributed by atoms with Crippen LogP contribution in [0.15, 0.2) is 0 Å². The molecule has 0 aromatic carbocycles. The van der Waals surface area contributed by atoms with E-state index in [0.29, 0.717) is 18.3 Å². The summed E-state index contributed by atoms with van der Waals surface area (Å²) in [4.78, 5) is 0. The predicted molar refractivity (Wildman–Crippen MR) is 72.4 cm³/mol. The molecule has 0 heterocycles. The Morgan fingerprint density at radius 2 is 1.89 bits per heavy atom. The first-order chi connectivity index (χ1) is 8.70. The molecular formula is C15H28O4. The molecule has 7 atom stereocenters. The van der Waals surface area contributed by atoms with Gasteiger partial charge in [-0.15, -0.1) is 0 Å². The molecular weight excluding hydrogens is 244 g/mol. The number of aliphatic hydroxyl groups is 4. The van der Waals surface area contributed by atoms with Gasteiger partial charge in [0.2, 0.25) is 0 Å². The first-order valence-corrected chi connectivity index (χ1v) is 7.43.